The van der Waals surface area contributed by atoms with Crippen molar-refractivity contribution < 1.29 is 0 Å². The van der Waals surface area contributed by atoms with Crippen molar-refractivity contribution in [3.63, 3.8) is 0 Å². The van der Waals surface area contributed by atoms with Gasteiger partial charge in [-0.05, 0) is 37.8 Å². The molecular formula is C20H31N3. The quantitative estimate of drug-likeness (QED) is 0.269. The average Bonchev–Trinajstić information content (AvgIpc) is 2.51. The van der Waals surface area contributed by atoms with Crippen LogP contribution in [-0.2, 0) is 0 Å². The molecule has 0 aromatic rings. The summed E-state index contributed by atoms with van der Waals surface area (Å²) in [6, 6.07) is 0. The summed E-state index contributed by atoms with van der Waals surface area (Å²) < 4.78 is 0. The van der Waals surface area contributed by atoms with Gasteiger partial charge in [-0.15, -0.1) is 6.58 Å². The summed E-state index contributed by atoms with van der Waals surface area (Å²) in [4.78, 5) is 4.24. The summed E-state index contributed by atoms with van der Waals surface area (Å²) >= 11 is 0. The summed E-state index contributed by atoms with van der Waals surface area (Å²) in [5, 5.41) is 6.38. The van der Waals surface area contributed by atoms with E-state index in [4.69, 9.17) is 0 Å². The molecule has 0 aliphatic rings. The van der Waals surface area contributed by atoms with E-state index < -0.39 is 0 Å². The molecule has 0 saturated carbocycles. The minimum Gasteiger partial charge on any atom is -0.372 e. The SMILES string of the molecule is C=C/C=C\C(=C/C)C(C)C=CC(=NC)NC(=C)NCCC(=C)C. The Bertz CT molecular complexity index is 519. The number of hydrogen-bond acceptors (Lipinski definition) is 2. The van der Waals surface area contributed by atoms with Crippen LogP contribution in [0.3, 0.4) is 0 Å². The molecule has 0 saturated heterocycles. The summed E-state index contributed by atoms with van der Waals surface area (Å²) in [5.41, 5.74) is 2.38. The lowest BCUT2D eigenvalue weighted by Crippen LogP contribution is -2.30. The van der Waals surface area contributed by atoms with Gasteiger partial charge in [-0.1, -0.05) is 56.0 Å². The summed E-state index contributed by atoms with van der Waals surface area (Å²) in [6.07, 6.45) is 12.9. The first-order valence-corrected chi connectivity index (χ1v) is 7.89. The maximum Gasteiger partial charge on any atom is 0.125 e. The van der Waals surface area contributed by atoms with Crippen LogP contribution in [0.5, 0.6) is 0 Å². The lowest BCUT2D eigenvalue weighted by Gasteiger charge is -2.13. The number of aliphatic imine (C=N–C) groups is 1. The Balaban J connectivity index is 4.58. The number of amidine groups is 1. The van der Waals surface area contributed by atoms with Gasteiger partial charge in [0.25, 0.3) is 0 Å². The lowest BCUT2D eigenvalue weighted by molar-refractivity contribution is 0.753. The van der Waals surface area contributed by atoms with Crippen molar-refractivity contribution in [1.82, 2.24) is 10.6 Å². The van der Waals surface area contributed by atoms with Gasteiger partial charge in [0.15, 0.2) is 0 Å². The van der Waals surface area contributed by atoms with E-state index in [1.807, 2.05) is 26.0 Å². The van der Waals surface area contributed by atoms with Gasteiger partial charge < -0.3 is 10.6 Å². The maximum absolute atomic E-state index is 4.24. The zero-order chi connectivity index (χ0) is 17.7. The van der Waals surface area contributed by atoms with Gasteiger partial charge in [-0.2, -0.15) is 0 Å². The molecule has 0 aliphatic carbocycles. The van der Waals surface area contributed by atoms with Crippen molar-refractivity contribution in [2.24, 2.45) is 10.9 Å². The highest BCUT2D eigenvalue weighted by molar-refractivity contribution is 5.93. The normalized spacial score (nSPS) is 14.1. The van der Waals surface area contributed by atoms with E-state index in [2.05, 4.69) is 60.5 Å². The highest BCUT2D eigenvalue weighted by Gasteiger charge is 2.02. The predicted octanol–water partition coefficient (Wildman–Crippen LogP) is 4.51. The zero-order valence-electron chi connectivity index (χ0n) is 15.0. The largest absolute Gasteiger partial charge is 0.372 e. The van der Waals surface area contributed by atoms with E-state index in [1.54, 1.807) is 13.1 Å². The van der Waals surface area contributed by atoms with Crippen LogP contribution in [0, 0.1) is 5.92 Å². The van der Waals surface area contributed by atoms with Crippen LogP contribution in [0.2, 0.25) is 0 Å². The molecule has 0 radical (unpaired) electrons. The van der Waals surface area contributed by atoms with Gasteiger partial charge in [-0.25, -0.2) is 0 Å². The smallest absolute Gasteiger partial charge is 0.125 e. The minimum atomic E-state index is 0.291. The van der Waals surface area contributed by atoms with Crippen molar-refractivity contribution in [3.8, 4) is 0 Å². The molecule has 1 unspecified atom stereocenters. The number of nitrogens with one attached hydrogen (secondary N) is 2. The topological polar surface area (TPSA) is 36.4 Å². The van der Waals surface area contributed by atoms with Gasteiger partial charge >= 0.3 is 0 Å². The second-order valence-corrected chi connectivity index (χ2v) is 5.38. The van der Waals surface area contributed by atoms with E-state index >= 15 is 0 Å². The predicted molar refractivity (Wildman–Crippen MR) is 104 cm³/mol. The van der Waals surface area contributed by atoms with Crippen LogP contribution >= 0.6 is 0 Å². The van der Waals surface area contributed by atoms with Crippen molar-refractivity contribution in [2.45, 2.75) is 27.2 Å². The Morgan fingerprint density at radius 2 is 1.96 bits per heavy atom. The summed E-state index contributed by atoms with van der Waals surface area (Å²) in [7, 11) is 1.76. The summed E-state index contributed by atoms with van der Waals surface area (Å²) in [5.74, 6) is 1.80. The molecule has 0 heterocycles. The molecule has 0 aromatic carbocycles. The molecule has 0 fully saturated rings. The molecule has 2 N–H and O–H groups in total. The molecule has 0 rings (SSSR count). The van der Waals surface area contributed by atoms with E-state index in [1.165, 1.54) is 5.57 Å². The van der Waals surface area contributed by atoms with Gasteiger partial charge in [0, 0.05) is 13.6 Å². The summed E-state index contributed by atoms with van der Waals surface area (Å²) in [6.45, 7) is 18.5. The van der Waals surface area contributed by atoms with Crippen LogP contribution in [0.4, 0.5) is 0 Å². The molecule has 126 valence electrons. The molecule has 23 heavy (non-hydrogen) atoms. The molecule has 1 atom stereocenters. The number of nitrogens with zero attached hydrogens (tertiary/aromatic N) is 1. The van der Waals surface area contributed by atoms with E-state index in [0.717, 1.165) is 30.2 Å². The molecular weight excluding hydrogens is 282 g/mol. The minimum absolute atomic E-state index is 0.291. The van der Waals surface area contributed by atoms with Gasteiger partial charge in [0.05, 0.1) is 5.82 Å². The molecule has 0 amide bonds. The van der Waals surface area contributed by atoms with Gasteiger partial charge in [-0.3, -0.25) is 4.99 Å². The van der Waals surface area contributed by atoms with E-state index in [9.17, 15) is 0 Å². The fraction of sp³-hybridized carbons (Fsp3) is 0.350. The van der Waals surface area contributed by atoms with Crippen molar-refractivity contribution in [1.29, 1.82) is 0 Å². The van der Waals surface area contributed by atoms with E-state index in [0.29, 0.717) is 5.92 Å². The standard InChI is InChI=1S/C20H31N3/c1-8-10-11-19(9-2)17(5)12-13-20(21-7)23-18(6)22-15-14-16(3)4/h8-13,17,22H,1,3,6,14-15H2,2,4-5,7H3,(H,21,23)/b11-10-,13-12?,19-9+. The number of rotatable bonds is 10. The van der Waals surface area contributed by atoms with Crippen molar-refractivity contribution in [2.75, 3.05) is 13.6 Å². The Hall–Kier alpha value is -2.29. The molecule has 0 bridgehead atoms. The highest BCUT2D eigenvalue weighted by Crippen LogP contribution is 2.13. The molecule has 0 aromatic heterocycles. The zero-order valence-corrected chi connectivity index (χ0v) is 15.0. The van der Waals surface area contributed by atoms with Gasteiger partial charge in [0.1, 0.15) is 5.84 Å². The Morgan fingerprint density at radius 3 is 2.48 bits per heavy atom. The van der Waals surface area contributed by atoms with Crippen LogP contribution < -0.4 is 10.6 Å². The molecule has 0 spiro atoms. The second-order valence-electron chi connectivity index (χ2n) is 5.38. The van der Waals surface area contributed by atoms with E-state index in [-0.39, 0.29) is 0 Å². The second kappa shape index (κ2) is 12.3. The van der Waals surface area contributed by atoms with Crippen LogP contribution in [0.1, 0.15) is 27.2 Å². The molecule has 3 nitrogen and oxygen atoms in total. The monoisotopic (exact) mass is 313 g/mol. The van der Waals surface area contributed by atoms with Crippen LogP contribution in [-0.4, -0.2) is 19.4 Å². The van der Waals surface area contributed by atoms with Crippen LogP contribution in [0.15, 0.2) is 78.2 Å². The first kappa shape index (κ1) is 20.7. The van der Waals surface area contributed by atoms with Crippen molar-refractivity contribution >= 4 is 5.84 Å². The Kier molecular flexibility index (Phi) is 11.1. The fourth-order valence-electron chi connectivity index (χ4n) is 1.83. The fourth-order valence-corrected chi connectivity index (χ4v) is 1.83. The molecule has 3 heteroatoms. The number of hydrogen-bond donors (Lipinski definition) is 2. The Labute approximate surface area is 142 Å². The Morgan fingerprint density at radius 1 is 1.26 bits per heavy atom. The first-order valence-electron chi connectivity index (χ1n) is 7.89. The first-order chi connectivity index (χ1) is 10.9. The average molecular weight is 313 g/mol. The third-order valence-corrected chi connectivity index (χ3v) is 3.24. The van der Waals surface area contributed by atoms with Crippen LogP contribution in [0.25, 0.3) is 0 Å². The van der Waals surface area contributed by atoms with Crippen molar-refractivity contribution in [3.05, 3.63) is 73.2 Å². The molecule has 0 aliphatic heterocycles. The number of allylic oxidation sites excluding steroid dienone is 6. The van der Waals surface area contributed by atoms with Gasteiger partial charge in [0.2, 0.25) is 0 Å². The third-order valence-electron chi connectivity index (χ3n) is 3.24. The highest BCUT2D eigenvalue weighted by atomic mass is 15.1. The lowest BCUT2D eigenvalue weighted by atomic mass is 10.00. The maximum atomic E-state index is 4.24. The third kappa shape index (κ3) is 10.1.